The predicted molar refractivity (Wildman–Crippen MR) is 66.2 cm³/mol. The van der Waals surface area contributed by atoms with Gasteiger partial charge in [-0.1, -0.05) is 22.7 Å². The minimum Gasteiger partial charge on any atom is -0.395 e. The normalized spacial score (nSPS) is 12.2. The van der Waals surface area contributed by atoms with E-state index in [1.165, 1.54) is 22.7 Å². The van der Waals surface area contributed by atoms with Crippen molar-refractivity contribution in [2.75, 3.05) is 13.2 Å². The van der Waals surface area contributed by atoms with Crippen LogP contribution in [-0.2, 0) is 13.1 Å². The molecule has 0 fully saturated rings. The summed E-state index contributed by atoms with van der Waals surface area (Å²) in [6, 6.07) is 0. The average molecular weight is 272 g/mol. The number of aromatic nitrogens is 2. The molecule has 0 unspecified atom stereocenters. The summed E-state index contributed by atoms with van der Waals surface area (Å²) >= 11 is 3.06. The SMILES string of the molecule is OCCn1ccs/c1=N\c1scc[n+]1CCO. The molecule has 0 saturated heterocycles. The van der Waals surface area contributed by atoms with E-state index in [-0.39, 0.29) is 13.2 Å². The summed E-state index contributed by atoms with van der Waals surface area (Å²) in [6.45, 7) is 1.30. The Kier molecular flexibility index (Phi) is 4.43. The minimum absolute atomic E-state index is 0.102. The van der Waals surface area contributed by atoms with Crippen molar-refractivity contribution >= 4 is 27.8 Å². The Hall–Kier alpha value is -1.02. The van der Waals surface area contributed by atoms with Crippen molar-refractivity contribution < 1.29 is 14.8 Å². The summed E-state index contributed by atoms with van der Waals surface area (Å²) in [5.74, 6) is 0. The third kappa shape index (κ3) is 3.01. The van der Waals surface area contributed by atoms with Crippen LogP contribution in [0.4, 0.5) is 5.13 Å². The van der Waals surface area contributed by atoms with E-state index >= 15 is 0 Å². The minimum atomic E-state index is 0.102. The van der Waals surface area contributed by atoms with Gasteiger partial charge in [0.05, 0.1) is 19.8 Å². The highest BCUT2D eigenvalue weighted by Crippen LogP contribution is 2.12. The molecule has 0 aliphatic heterocycles. The molecule has 5 nitrogen and oxygen atoms in total. The number of aliphatic hydroxyl groups excluding tert-OH is 2. The summed E-state index contributed by atoms with van der Waals surface area (Å²) in [7, 11) is 0. The molecule has 2 rings (SSSR count). The highest BCUT2D eigenvalue weighted by Gasteiger charge is 2.11. The maximum absolute atomic E-state index is 8.93. The van der Waals surface area contributed by atoms with E-state index in [0.29, 0.717) is 13.1 Å². The molecule has 17 heavy (non-hydrogen) atoms. The Labute approximate surface area is 107 Å². The first-order chi connectivity index (χ1) is 8.35. The van der Waals surface area contributed by atoms with Gasteiger partial charge in [-0.05, 0) is 0 Å². The first-order valence-corrected chi connectivity index (χ1v) is 6.98. The van der Waals surface area contributed by atoms with Crippen LogP contribution >= 0.6 is 22.7 Å². The largest absolute Gasteiger partial charge is 0.395 e. The van der Waals surface area contributed by atoms with Crippen molar-refractivity contribution in [2.45, 2.75) is 13.1 Å². The van der Waals surface area contributed by atoms with Gasteiger partial charge in [-0.25, -0.2) is 4.57 Å². The molecule has 2 N–H and O–H groups in total. The number of hydrogen-bond donors (Lipinski definition) is 2. The summed E-state index contributed by atoms with van der Waals surface area (Å²) in [4.78, 5) is 5.39. The highest BCUT2D eigenvalue weighted by atomic mass is 32.1. The summed E-state index contributed by atoms with van der Waals surface area (Å²) in [5, 5.41) is 22.6. The maximum Gasteiger partial charge on any atom is 0.385 e. The zero-order chi connectivity index (χ0) is 12.1. The molecule has 2 aromatic heterocycles. The van der Waals surface area contributed by atoms with Crippen LogP contribution in [0.3, 0.4) is 0 Å². The molecule has 0 aromatic carbocycles. The van der Waals surface area contributed by atoms with Crippen LogP contribution < -0.4 is 9.37 Å². The lowest BCUT2D eigenvalue weighted by atomic mass is 10.6. The lowest BCUT2D eigenvalue weighted by molar-refractivity contribution is -0.681. The van der Waals surface area contributed by atoms with Crippen LogP contribution in [0.25, 0.3) is 0 Å². The lowest BCUT2D eigenvalue weighted by Crippen LogP contribution is -2.33. The van der Waals surface area contributed by atoms with Gasteiger partial charge in [0.1, 0.15) is 12.7 Å². The van der Waals surface area contributed by atoms with E-state index in [1.54, 1.807) is 0 Å². The van der Waals surface area contributed by atoms with Crippen LogP contribution in [-0.4, -0.2) is 28.0 Å². The molecular weight excluding hydrogens is 258 g/mol. The van der Waals surface area contributed by atoms with Gasteiger partial charge >= 0.3 is 9.93 Å². The quantitative estimate of drug-likeness (QED) is 0.759. The molecular formula is C10H14N3O2S2+. The molecule has 0 amide bonds. The summed E-state index contributed by atoms with van der Waals surface area (Å²) in [5.41, 5.74) is 0. The first-order valence-electron chi connectivity index (χ1n) is 5.22. The predicted octanol–water partition coefficient (Wildman–Crippen LogP) is 0.116. The van der Waals surface area contributed by atoms with Crippen LogP contribution in [0.2, 0.25) is 0 Å². The van der Waals surface area contributed by atoms with Crippen molar-refractivity contribution in [3.05, 3.63) is 28.0 Å². The topological polar surface area (TPSA) is 61.6 Å². The monoisotopic (exact) mass is 272 g/mol. The molecule has 0 atom stereocenters. The first kappa shape index (κ1) is 12.4. The van der Waals surface area contributed by atoms with E-state index in [2.05, 4.69) is 4.99 Å². The van der Waals surface area contributed by atoms with Gasteiger partial charge in [0.2, 0.25) is 0 Å². The van der Waals surface area contributed by atoms with E-state index in [9.17, 15) is 0 Å². The second-order valence-electron chi connectivity index (χ2n) is 3.32. The lowest BCUT2D eigenvalue weighted by Gasteiger charge is -1.94. The molecule has 0 radical (unpaired) electrons. The van der Waals surface area contributed by atoms with Gasteiger partial charge < -0.3 is 14.8 Å². The third-order valence-corrected chi connectivity index (χ3v) is 3.78. The van der Waals surface area contributed by atoms with Gasteiger partial charge in [0, 0.05) is 21.9 Å². The zero-order valence-corrected chi connectivity index (χ0v) is 10.8. The molecule has 0 aliphatic carbocycles. The fourth-order valence-electron chi connectivity index (χ4n) is 1.41. The van der Waals surface area contributed by atoms with Crippen LogP contribution in [0.5, 0.6) is 0 Å². The summed E-state index contributed by atoms with van der Waals surface area (Å²) in [6.07, 6.45) is 3.81. The van der Waals surface area contributed by atoms with E-state index in [4.69, 9.17) is 10.2 Å². The molecule has 0 saturated carbocycles. The summed E-state index contributed by atoms with van der Waals surface area (Å²) < 4.78 is 3.82. The van der Waals surface area contributed by atoms with Crippen molar-refractivity contribution in [1.29, 1.82) is 0 Å². The standard InChI is InChI=1S/C10H14N3O2S2/c14-5-1-12-3-7-16-9(12)11-10-13(2-6-15)4-8-17-10/h3-4,7-8,14-15H,1-2,5-6H2/q+1. The maximum atomic E-state index is 8.93. The van der Waals surface area contributed by atoms with Crippen molar-refractivity contribution in [3.63, 3.8) is 0 Å². The zero-order valence-electron chi connectivity index (χ0n) is 9.19. The molecule has 7 heteroatoms. The van der Waals surface area contributed by atoms with Crippen LogP contribution in [0.15, 0.2) is 28.1 Å². The Balaban J connectivity index is 2.33. The highest BCUT2D eigenvalue weighted by molar-refractivity contribution is 7.13. The van der Waals surface area contributed by atoms with E-state index in [1.807, 2.05) is 32.3 Å². The Morgan fingerprint density at radius 1 is 1.24 bits per heavy atom. The van der Waals surface area contributed by atoms with Crippen LogP contribution in [0, 0.1) is 0 Å². The Bertz CT molecular complexity index is 529. The van der Waals surface area contributed by atoms with Gasteiger partial charge in [-0.2, -0.15) is 0 Å². The number of nitrogens with zero attached hydrogens (tertiary/aromatic N) is 3. The second kappa shape index (κ2) is 6.06. The molecule has 0 spiro atoms. The van der Waals surface area contributed by atoms with Gasteiger partial charge in [0.15, 0.2) is 0 Å². The molecule has 2 aromatic rings. The molecule has 2 heterocycles. The van der Waals surface area contributed by atoms with Crippen molar-refractivity contribution in [3.8, 4) is 0 Å². The van der Waals surface area contributed by atoms with Gasteiger partial charge in [-0.3, -0.25) is 0 Å². The molecule has 0 bridgehead atoms. The van der Waals surface area contributed by atoms with Crippen molar-refractivity contribution in [1.82, 2.24) is 4.57 Å². The molecule has 0 aliphatic rings. The Morgan fingerprint density at radius 2 is 2.12 bits per heavy atom. The third-order valence-electron chi connectivity index (χ3n) is 2.19. The second-order valence-corrected chi connectivity index (χ2v) is 5.06. The van der Waals surface area contributed by atoms with E-state index < -0.39 is 0 Å². The number of hydrogen-bond acceptors (Lipinski definition) is 5. The van der Waals surface area contributed by atoms with E-state index in [0.717, 1.165) is 9.93 Å². The average Bonchev–Trinajstić information content (AvgIpc) is 2.92. The Morgan fingerprint density at radius 3 is 2.88 bits per heavy atom. The smallest absolute Gasteiger partial charge is 0.385 e. The molecule has 92 valence electrons. The fourth-order valence-corrected chi connectivity index (χ4v) is 2.98. The van der Waals surface area contributed by atoms with Crippen LogP contribution in [0.1, 0.15) is 0 Å². The number of thiazole rings is 2. The van der Waals surface area contributed by atoms with Crippen molar-refractivity contribution in [2.24, 2.45) is 4.99 Å². The number of rotatable bonds is 5. The fraction of sp³-hybridized carbons (Fsp3) is 0.400. The number of aliphatic hydroxyl groups is 2. The van der Waals surface area contributed by atoms with Gasteiger partial charge in [-0.15, -0.1) is 0 Å². The van der Waals surface area contributed by atoms with Gasteiger partial charge in [0.25, 0.3) is 0 Å².